The summed E-state index contributed by atoms with van der Waals surface area (Å²) in [4.78, 5) is 26.6. The normalized spacial score (nSPS) is 14.4. The zero-order chi connectivity index (χ0) is 16.8. The van der Waals surface area contributed by atoms with Gasteiger partial charge in [-0.2, -0.15) is 0 Å². The van der Waals surface area contributed by atoms with Gasteiger partial charge in [0.1, 0.15) is 5.76 Å². The highest BCUT2D eigenvalue weighted by atomic mass is 16.5. The van der Waals surface area contributed by atoms with Crippen LogP contribution in [0.5, 0.6) is 0 Å². The molecule has 1 aromatic carbocycles. The second kappa shape index (κ2) is 7.79. The number of hydrogen-bond donors (Lipinski definition) is 1. The van der Waals surface area contributed by atoms with Crippen LogP contribution in [0.2, 0.25) is 0 Å². The maximum Gasteiger partial charge on any atom is 0.256 e. The molecular weight excluding hydrogens is 308 g/mol. The molecule has 1 N–H and O–H groups in total. The lowest BCUT2D eigenvalue weighted by molar-refractivity contribution is -0.116. The van der Waals surface area contributed by atoms with Crippen LogP contribution in [0.1, 0.15) is 22.5 Å². The summed E-state index contributed by atoms with van der Waals surface area (Å²) >= 11 is 0. The molecule has 2 heterocycles. The number of furan rings is 1. The predicted octanol–water partition coefficient (Wildman–Crippen LogP) is 2.32. The third-order valence-corrected chi connectivity index (χ3v) is 3.91. The van der Waals surface area contributed by atoms with Crippen LogP contribution in [0.15, 0.2) is 47.1 Å². The van der Waals surface area contributed by atoms with Gasteiger partial charge < -0.3 is 19.4 Å². The Morgan fingerprint density at radius 2 is 1.88 bits per heavy atom. The summed E-state index contributed by atoms with van der Waals surface area (Å²) in [7, 11) is 0. The third-order valence-electron chi connectivity index (χ3n) is 3.91. The van der Waals surface area contributed by atoms with Gasteiger partial charge in [0.2, 0.25) is 5.91 Å². The number of morpholine rings is 1. The standard InChI is InChI=1S/C18H20N2O4/c21-17(8-7-14-4-3-11-24-14)19-16-6-2-1-5-15(16)18(22)20-9-12-23-13-10-20/h1-6,11H,7-10,12-13H2,(H,19,21). The Morgan fingerprint density at radius 3 is 2.62 bits per heavy atom. The van der Waals surface area contributed by atoms with Gasteiger partial charge in [-0.1, -0.05) is 12.1 Å². The Hall–Kier alpha value is -2.60. The minimum absolute atomic E-state index is 0.0831. The smallest absolute Gasteiger partial charge is 0.256 e. The van der Waals surface area contributed by atoms with Crippen LogP contribution < -0.4 is 5.32 Å². The molecular formula is C18H20N2O4. The van der Waals surface area contributed by atoms with E-state index in [1.165, 1.54) is 0 Å². The first kappa shape index (κ1) is 16.3. The van der Waals surface area contributed by atoms with E-state index in [2.05, 4.69) is 5.32 Å². The Kier molecular flexibility index (Phi) is 5.28. The van der Waals surface area contributed by atoms with E-state index in [1.54, 1.807) is 41.5 Å². The monoisotopic (exact) mass is 328 g/mol. The fraction of sp³-hybridized carbons (Fsp3) is 0.333. The van der Waals surface area contributed by atoms with Crippen LogP contribution >= 0.6 is 0 Å². The maximum atomic E-state index is 12.7. The van der Waals surface area contributed by atoms with Gasteiger partial charge in [0, 0.05) is 25.9 Å². The molecule has 0 saturated carbocycles. The Bertz CT molecular complexity index is 691. The number of hydrogen-bond acceptors (Lipinski definition) is 4. The Morgan fingerprint density at radius 1 is 1.08 bits per heavy atom. The van der Waals surface area contributed by atoms with Crippen molar-refractivity contribution in [2.75, 3.05) is 31.6 Å². The molecule has 1 aliphatic rings. The van der Waals surface area contributed by atoms with Crippen molar-refractivity contribution < 1.29 is 18.7 Å². The number of nitrogens with one attached hydrogen (secondary N) is 1. The van der Waals surface area contributed by atoms with Crippen molar-refractivity contribution in [1.29, 1.82) is 0 Å². The van der Waals surface area contributed by atoms with Crippen LogP contribution in [0.3, 0.4) is 0 Å². The van der Waals surface area contributed by atoms with Crippen molar-refractivity contribution in [2.45, 2.75) is 12.8 Å². The van der Waals surface area contributed by atoms with Gasteiger partial charge in [0.25, 0.3) is 5.91 Å². The van der Waals surface area contributed by atoms with E-state index in [9.17, 15) is 9.59 Å². The minimum Gasteiger partial charge on any atom is -0.469 e. The molecule has 0 bridgehead atoms. The average molecular weight is 328 g/mol. The van der Waals surface area contributed by atoms with E-state index >= 15 is 0 Å². The van der Waals surface area contributed by atoms with Crippen LogP contribution in [-0.2, 0) is 16.0 Å². The molecule has 1 aromatic heterocycles. The summed E-state index contributed by atoms with van der Waals surface area (Å²) in [5, 5.41) is 2.83. The lowest BCUT2D eigenvalue weighted by Crippen LogP contribution is -2.41. The lowest BCUT2D eigenvalue weighted by atomic mass is 10.1. The molecule has 1 saturated heterocycles. The van der Waals surface area contributed by atoms with Crippen LogP contribution in [0.4, 0.5) is 5.69 Å². The molecule has 1 fully saturated rings. The summed E-state index contributed by atoms with van der Waals surface area (Å²) in [6.07, 6.45) is 2.41. The molecule has 2 amide bonds. The Labute approximate surface area is 140 Å². The number of para-hydroxylation sites is 1. The van der Waals surface area contributed by atoms with Crippen molar-refractivity contribution in [3.63, 3.8) is 0 Å². The van der Waals surface area contributed by atoms with Crippen LogP contribution in [-0.4, -0.2) is 43.0 Å². The molecule has 0 unspecified atom stereocenters. The fourth-order valence-corrected chi connectivity index (χ4v) is 2.62. The molecule has 0 atom stereocenters. The molecule has 0 spiro atoms. The summed E-state index contributed by atoms with van der Waals surface area (Å²) < 4.78 is 10.5. The van der Waals surface area contributed by atoms with Crippen molar-refractivity contribution in [2.24, 2.45) is 0 Å². The largest absolute Gasteiger partial charge is 0.469 e. The quantitative estimate of drug-likeness (QED) is 0.914. The van der Waals surface area contributed by atoms with Gasteiger partial charge in [-0.25, -0.2) is 0 Å². The summed E-state index contributed by atoms with van der Waals surface area (Å²) in [5.74, 6) is 0.539. The predicted molar refractivity (Wildman–Crippen MR) is 88.8 cm³/mol. The number of nitrogens with zero attached hydrogens (tertiary/aromatic N) is 1. The molecule has 3 rings (SSSR count). The molecule has 1 aliphatic heterocycles. The number of carbonyl (C=O) groups excluding carboxylic acids is 2. The van der Waals surface area contributed by atoms with Gasteiger partial charge in [-0.05, 0) is 24.3 Å². The van der Waals surface area contributed by atoms with E-state index < -0.39 is 0 Å². The van der Waals surface area contributed by atoms with Crippen LogP contribution in [0.25, 0.3) is 0 Å². The van der Waals surface area contributed by atoms with Crippen molar-refractivity contribution in [1.82, 2.24) is 4.90 Å². The average Bonchev–Trinajstić information content (AvgIpc) is 3.14. The number of carbonyl (C=O) groups is 2. The summed E-state index contributed by atoms with van der Waals surface area (Å²) in [6, 6.07) is 10.7. The number of amides is 2. The zero-order valence-corrected chi connectivity index (χ0v) is 13.4. The summed E-state index contributed by atoms with van der Waals surface area (Å²) in [6.45, 7) is 2.23. The molecule has 0 radical (unpaired) electrons. The third kappa shape index (κ3) is 4.02. The highest BCUT2D eigenvalue weighted by Gasteiger charge is 2.21. The topological polar surface area (TPSA) is 71.8 Å². The molecule has 6 heteroatoms. The van der Waals surface area contributed by atoms with E-state index in [0.29, 0.717) is 50.4 Å². The van der Waals surface area contributed by atoms with E-state index in [1.807, 2.05) is 6.07 Å². The van der Waals surface area contributed by atoms with Crippen LogP contribution in [0, 0.1) is 0 Å². The number of aryl methyl sites for hydroxylation is 1. The maximum absolute atomic E-state index is 12.7. The number of rotatable bonds is 5. The van der Waals surface area contributed by atoms with Crippen molar-refractivity contribution in [3.05, 3.63) is 54.0 Å². The molecule has 126 valence electrons. The molecule has 0 aliphatic carbocycles. The fourth-order valence-electron chi connectivity index (χ4n) is 2.62. The first-order chi connectivity index (χ1) is 11.7. The van der Waals surface area contributed by atoms with Gasteiger partial charge >= 0.3 is 0 Å². The van der Waals surface area contributed by atoms with Crippen molar-refractivity contribution in [3.8, 4) is 0 Å². The van der Waals surface area contributed by atoms with Crippen molar-refractivity contribution >= 4 is 17.5 Å². The SMILES string of the molecule is O=C(CCc1ccco1)Nc1ccccc1C(=O)N1CCOCC1. The second-order valence-electron chi connectivity index (χ2n) is 5.58. The zero-order valence-electron chi connectivity index (χ0n) is 13.4. The second-order valence-corrected chi connectivity index (χ2v) is 5.58. The minimum atomic E-state index is -0.145. The van der Waals surface area contributed by atoms with Gasteiger partial charge in [-0.3, -0.25) is 9.59 Å². The highest BCUT2D eigenvalue weighted by Crippen LogP contribution is 2.18. The highest BCUT2D eigenvalue weighted by molar-refractivity contribution is 6.03. The molecule has 24 heavy (non-hydrogen) atoms. The molecule has 6 nitrogen and oxygen atoms in total. The van der Waals surface area contributed by atoms with Gasteiger partial charge in [0.15, 0.2) is 0 Å². The summed E-state index contributed by atoms with van der Waals surface area (Å²) in [5.41, 5.74) is 1.05. The van der Waals surface area contributed by atoms with E-state index in [-0.39, 0.29) is 11.8 Å². The van der Waals surface area contributed by atoms with E-state index in [4.69, 9.17) is 9.15 Å². The first-order valence-corrected chi connectivity index (χ1v) is 8.02. The number of ether oxygens (including phenoxy) is 1. The lowest BCUT2D eigenvalue weighted by Gasteiger charge is -2.27. The Balaban J connectivity index is 1.64. The number of benzene rings is 1. The van der Waals surface area contributed by atoms with E-state index in [0.717, 1.165) is 5.76 Å². The number of anilines is 1. The first-order valence-electron chi connectivity index (χ1n) is 8.02. The molecule has 2 aromatic rings. The van der Waals surface area contributed by atoms with Gasteiger partial charge in [-0.15, -0.1) is 0 Å². The van der Waals surface area contributed by atoms with Gasteiger partial charge in [0.05, 0.1) is 30.7 Å².